The molecule has 3 aromatic heterocycles. The molecule has 0 unspecified atom stereocenters. The number of ether oxygens (including phenoxy) is 1. The minimum Gasteiger partial charge on any atom is -0.495 e. The molecule has 0 bridgehead atoms. The Morgan fingerprint density at radius 2 is 2.08 bits per heavy atom. The van der Waals surface area contributed by atoms with Crippen molar-refractivity contribution in [2.75, 3.05) is 31.6 Å². The molecule has 0 aliphatic carbocycles. The number of amides is 2. The summed E-state index contributed by atoms with van der Waals surface area (Å²) in [5, 5.41) is 5.42. The van der Waals surface area contributed by atoms with Gasteiger partial charge in [0, 0.05) is 25.8 Å². The van der Waals surface area contributed by atoms with Crippen molar-refractivity contribution in [3.63, 3.8) is 0 Å². The lowest BCUT2D eigenvalue weighted by Crippen LogP contribution is -2.38. The number of pyridine rings is 1. The van der Waals surface area contributed by atoms with E-state index in [4.69, 9.17) is 14.1 Å². The van der Waals surface area contributed by atoms with Gasteiger partial charge in [-0.2, -0.15) is 0 Å². The smallest absolute Gasteiger partial charge is 0.290 e. The van der Waals surface area contributed by atoms with Crippen LogP contribution in [0.4, 0.5) is 10.7 Å². The van der Waals surface area contributed by atoms with Crippen LogP contribution in [0.25, 0.3) is 17.5 Å². The highest BCUT2D eigenvalue weighted by Gasteiger charge is 2.26. The third-order valence-corrected chi connectivity index (χ3v) is 6.94. The summed E-state index contributed by atoms with van der Waals surface area (Å²) in [6, 6.07) is 9.28. The zero-order valence-electron chi connectivity index (χ0n) is 19.8. The van der Waals surface area contributed by atoms with Gasteiger partial charge in [-0.25, -0.2) is 15.0 Å². The Kier molecular flexibility index (Phi) is 7.28. The van der Waals surface area contributed by atoms with Gasteiger partial charge in [0.2, 0.25) is 5.95 Å². The summed E-state index contributed by atoms with van der Waals surface area (Å²) in [5.74, 6) is 2.24. The number of nitrogens with one attached hydrogen (secondary N) is 2. The first kappa shape index (κ1) is 24.0. The molecule has 2 aliphatic heterocycles. The zero-order valence-corrected chi connectivity index (χ0v) is 20.6. The Labute approximate surface area is 212 Å². The molecule has 2 fully saturated rings. The number of furan rings is 1. The molecule has 11 heteroatoms. The van der Waals surface area contributed by atoms with Crippen molar-refractivity contribution in [1.29, 1.82) is 0 Å². The number of hydrogen-bond acceptors (Lipinski definition) is 10. The van der Waals surface area contributed by atoms with Gasteiger partial charge in [0.05, 0.1) is 29.7 Å². The molecule has 0 aromatic carbocycles. The third-order valence-electron chi connectivity index (χ3n) is 6.13. The minimum atomic E-state index is -0.390. The lowest BCUT2D eigenvalue weighted by atomic mass is 9.97. The fourth-order valence-corrected chi connectivity index (χ4v) is 4.91. The number of methoxy groups -OCH3 is 1. The standard InChI is InChI=1S/C25H26N6O4S/c1-34-20-5-4-18(21-3-2-12-35-21)29-19(20)15-26-14-16-7-10-31(11-8-16)24-27-9-6-17(28-24)13-22-23(32)30-25(33)36-22/h2-6,9,12-13,16,26H,7-8,10-11,14-15H2,1H3,(H,30,32,33). The summed E-state index contributed by atoms with van der Waals surface area (Å²) >= 11 is 0.882. The van der Waals surface area contributed by atoms with Crippen molar-refractivity contribution < 1.29 is 18.7 Å². The van der Waals surface area contributed by atoms with E-state index in [9.17, 15) is 9.59 Å². The summed E-state index contributed by atoms with van der Waals surface area (Å²) in [7, 11) is 1.65. The summed E-state index contributed by atoms with van der Waals surface area (Å²) in [6.45, 7) is 3.16. The highest BCUT2D eigenvalue weighted by atomic mass is 32.2. The van der Waals surface area contributed by atoms with E-state index in [2.05, 4.69) is 25.5 Å². The van der Waals surface area contributed by atoms with E-state index >= 15 is 0 Å². The first-order valence-corrected chi connectivity index (χ1v) is 12.5. The molecular formula is C25H26N6O4S. The lowest BCUT2D eigenvalue weighted by Gasteiger charge is -2.32. The maximum Gasteiger partial charge on any atom is 0.290 e. The van der Waals surface area contributed by atoms with Crippen LogP contribution in [0.2, 0.25) is 0 Å². The van der Waals surface area contributed by atoms with Gasteiger partial charge < -0.3 is 19.4 Å². The van der Waals surface area contributed by atoms with Crippen LogP contribution in [0, 0.1) is 5.92 Å². The number of carbonyl (C=O) groups is 2. The molecule has 2 amide bonds. The van der Waals surface area contributed by atoms with E-state index in [0.29, 0.717) is 29.0 Å². The Balaban J connectivity index is 1.14. The normalized spacial score (nSPS) is 17.6. The average Bonchev–Trinajstić information content (AvgIpc) is 3.54. The number of thioether (sulfide) groups is 1. The lowest BCUT2D eigenvalue weighted by molar-refractivity contribution is -0.115. The predicted molar refractivity (Wildman–Crippen MR) is 136 cm³/mol. The molecule has 2 saturated heterocycles. The van der Waals surface area contributed by atoms with Crippen molar-refractivity contribution in [2.45, 2.75) is 19.4 Å². The number of hydrogen-bond donors (Lipinski definition) is 2. The van der Waals surface area contributed by atoms with E-state index in [-0.39, 0.29) is 11.1 Å². The molecule has 0 radical (unpaired) electrons. The van der Waals surface area contributed by atoms with Gasteiger partial charge in [-0.05, 0) is 73.5 Å². The summed E-state index contributed by atoms with van der Waals surface area (Å²) < 4.78 is 11.0. The maximum absolute atomic E-state index is 11.8. The molecule has 0 saturated carbocycles. The number of carbonyl (C=O) groups excluding carboxylic acids is 2. The number of nitrogens with zero attached hydrogens (tertiary/aromatic N) is 4. The van der Waals surface area contributed by atoms with Gasteiger partial charge in [-0.3, -0.25) is 14.9 Å². The van der Waals surface area contributed by atoms with Crippen LogP contribution in [0.1, 0.15) is 24.2 Å². The monoisotopic (exact) mass is 506 g/mol. The third kappa shape index (κ3) is 5.58. The topological polar surface area (TPSA) is 122 Å². The van der Waals surface area contributed by atoms with Crippen LogP contribution in [-0.2, 0) is 11.3 Å². The molecule has 5 heterocycles. The molecule has 2 aliphatic rings. The number of anilines is 1. The zero-order chi connectivity index (χ0) is 24.9. The van der Waals surface area contributed by atoms with Crippen molar-refractivity contribution in [2.24, 2.45) is 5.92 Å². The van der Waals surface area contributed by atoms with E-state index in [1.165, 1.54) is 0 Å². The quantitative estimate of drug-likeness (QED) is 0.439. The van der Waals surface area contributed by atoms with Gasteiger partial charge in [-0.1, -0.05) is 0 Å². The van der Waals surface area contributed by atoms with Crippen molar-refractivity contribution >= 4 is 34.9 Å². The molecule has 0 atom stereocenters. The summed E-state index contributed by atoms with van der Waals surface area (Å²) in [6.07, 6.45) is 6.95. The molecule has 3 aromatic rings. The fourth-order valence-electron chi connectivity index (χ4n) is 4.24. The second-order valence-corrected chi connectivity index (χ2v) is 9.53. The summed E-state index contributed by atoms with van der Waals surface area (Å²) in [5.41, 5.74) is 2.23. The SMILES string of the molecule is COc1ccc(-c2ccco2)nc1CNCC1CCN(c2nccc(C=C3SC(=O)NC3=O)n2)CC1. The van der Waals surface area contributed by atoms with Crippen LogP contribution >= 0.6 is 11.8 Å². The van der Waals surface area contributed by atoms with Crippen LogP contribution < -0.4 is 20.3 Å². The molecule has 186 valence electrons. The van der Waals surface area contributed by atoms with Gasteiger partial charge in [0.1, 0.15) is 11.4 Å². The summed E-state index contributed by atoms with van der Waals surface area (Å²) in [4.78, 5) is 39.4. The number of rotatable bonds is 8. The maximum atomic E-state index is 11.8. The Morgan fingerprint density at radius 1 is 1.22 bits per heavy atom. The molecule has 10 nitrogen and oxygen atoms in total. The molecule has 2 N–H and O–H groups in total. The molecule has 36 heavy (non-hydrogen) atoms. The molecule has 0 spiro atoms. The number of imide groups is 1. The minimum absolute atomic E-state index is 0.343. The van der Waals surface area contributed by atoms with Crippen LogP contribution in [0.5, 0.6) is 5.75 Å². The number of aromatic nitrogens is 3. The molecular weight excluding hydrogens is 480 g/mol. The van der Waals surface area contributed by atoms with Crippen molar-refractivity contribution in [3.8, 4) is 17.2 Å². The highest BCUT2D eigenvalue weighted by molar-refractivity contribution is 8.18. The van der Waals surface area contributed by atoms with Gasteiger partial charge in [0.25, 0.3) is 11.1 Å². The van der Waals surface area contributed by atoms with Crippen LogP contribution in [0.15, 0.2) is 52.1 Å². The first-order chi connectivity index (χ1) is 17.6. The second-order valence-electron chi connectivity index (χ2n) is 8.52. The van der Waals surface area contributed by atoms with E-state index in [1.807, 2.05) is 24.3 Å². The largest absolute Gasteiger partial charge is 0.495 e. The van der Waals surface area contributed by atoms with Crippen molar-refractivity contribution in [1.82, 2.24) is 25.6 Å². The Morgan fingerprint density at radius 3 is 2.81 bits per heavy atom. The average molecular weight is 507 g/mol. The fraction of sp³-hybridized carbons (Fsp3) is 0.320. The predicted octanol–water partition coefficient (Wildman–Crippen LogP) is 3.47. The van der Waals surface area contributed by atoms with Gasteiger partial charge in [0.15, 0.2) is 5.76 Å². The highest BCUT2D eigenvalue weighted by Crippen LogP contribution is 2.27. The van der Waals surface area contributed by atoms with E-state index < -0.39 is 0 Å². The molecule has 5 rings (SSSR count). The number of piperidine rings is 1. The van der Waals surface area contributed by atoms with Gasteiger partial charge in [-0.15, -0.1) is 0 Å². The first-order valence-electron chi connectivity index (χ1n) is 11.7. The van der Waals surface area contributed by atoms with Crippen LogP contribution in [0.3, 0.4) is 0 Å². The van der Waals surface area contributed by atoms with Crippen molar-refractivity contribution in [3.05, 3.63) is 59.1 Å². The Bertz CT molecular complexity index is 1270. The van der Waals surface area contributed by atoms with E-state index in [1.54, 1.807) is 31.7 Å². The van der Waals surface area contributed by atoms with Gasteiger partial charge >= 0.3 is 0 Å². The van der Waals surface area contributed by atoms with Crippen LogP contribution in [-0.4, -0.2) is 52.8 Å². The van der Waals surface area contributed by atoms with E-state index in [0.717, 1.165) is 67.1 Å². The second kappa shape index (κ2) is 10.9. The Hall–Kier alpha value is -3.70.